The van der Waals surface area contributed by atoms with Gasteiger partial charge in [-0.15, -0.1) is 24.0 Å². The Labute approximate surface area is 122 Å². The Balaban J connectivity index is 0.00000144. The molecule has 0 fully saturated rings. The van der Waals surface area contributed by atoms with Crippen molar-refractivity contribution < 1.29 is 4.79 Å². The Morgan fingerprint density at radius 1 is 0.941 bits per heavy atom. The number of anilines is 1. The molecule has 17 heavy (non-hydrogen) atoms. The van der Waals surface area contributed by atoms with Gasteiger partial charge in [-0.1, -0.05) is 29.8 Å². The summed E-state index contributed by atoms with van der Waals surface area (Å²) in [6.45, 7) is 0. The first kappa shape index (κ1) is 14.0. The summed E-state index contributed by atoms with van der Waals surface area (Å²) in [5, 5.41) is 3.44. The van der Waals surface area contributed by atoms with Crippen LogP contribution in [-0.2, 0) is 0 Å². The second-order valence-corrected chi connectivity index (χ2v) is 3.76. The fourth-order valence-corrected chi connectivity index (χ4v) is 1.45. The van der Waals surface area contributed by atoms with Crippen molar-refractivity contribution >= 4 is 47.2 Å². The van der Waals surface area contributed by atoms with Gasteiger partial charge in [0, 0.05) is 16.3 Å². The maximum absolute atomic E-state index is 11.8. The number of halogens is 2. The van der Waals surface area contributed by atoms with Crippen LogP contribution >= 0.6 is 35.6 Å². The minimum absolute atomic E-state index is 0. The predicted octanol–water partition coefficient (Wildman–Crippen LogP) is 4.21. The van der Waals surface area contributed by atoms with Gasteiger partial charge in [-0.05, 0) is 36.4 Å². The van der Waals surface area contributed by atoms with Gasteiger partial charge in [0.15, 0.2) is 0 Å². The Hall–Kier alpha value is -1.07. The molecule has 0 saturated carbocycles. The molecule has 0 aromatic heterocycles. The molecule has 0 unspecified atom stereocenters. The fraction of sp³-hybridized carbons (Fsp3) is 0. The van der Waals surface area contributed by atoms with E-state index in [-0.39, 0.29) is 29.9 Å². The van der Waals surface area contributed by atoms with E-state index >= 15 is 0 Å². The summed E-state index contributed by atoms with van der Waals surface area (Å²) in [4.78, 5) is 11.8. The van der Waals surface area contributed by atoms with Crippen LogP contribution in [0.4, 0.5) is 5.69 Å². The summed E-state index contributed by atoms with van der Waals surface area (Å²) >= 11 is 5.75. The van der Waals surface area contributed by atoms with Gasteiger partial charge in [-0.25, -0.2) is 0 Å². The molecule has 0 aliphatic rings. The zero-order valence-corrected chi connectivity index (χ0v) is 12.0. The summed E-state index contributed by atoms with van der Waals surface area (Å²) < 4.78 is 0. The number of rotatable bonds is 2. The van der Waals surface area contributed by atoms with E-state index in [1.165, 1.54) is 0 Å². The van der Waals surface area contributed by atoms with Crippen LogP contribution in [0.5, 0.6) is 0 Å². The number of carbonyl (C=O) groups excluding carboxylic acids is 1. The number of hydrogen-bond acceptors (Lipinski definition) is 1. The lowest BCUT2D eigenvalue weighted by Crippen LogP contribution is -2.11. The van der Waals surface area contributed by atoms with Crippen molar-refractivity contribution in [3.63, 3.8) is 0 Å². The van der Waals surface area contributed by atoms with Gasteiger partial charge in [0.25, 0.3) is 5.91 Å². The first-order valence-corrected chi connectivity index (χ1v) is 5.25. The van der Waals surface area contributed by atoms with Crippen molar-refractivity contribution in [2.75, 3.05) is 5.32 Å². The summed E-state index contributed by atoms with van der Waals surface area (Å²) in [5.74, 6) is -0.122. The topological polar surface area (TPSA) is 29.1 Å². The Kier molecular flexibility index (Phi) is 5.44. The van der Waals surface area contributed by atoms with Gasteiger partial charge >= 0.3 is 0 Å². The van der Waals surface area contributed by atoms with Gasteiger partial charge in [-0.3, -0.25) is 4.79 Å². The van der Waals surface area contributed by atoms with Crippen LogP contribution in [0, 0.1) is 0 Å². The normalized spacial score (nSPS) is 9.24. The lowest BCUT2D eigenvalue weighted by molar-refractivity contribution is 0.102. The molecule has 2 aromatic rings. The molecule has 2 rings (SSSR count). The molecule has 0 radical (unpaired) electrons. The third kappa shape index (κ3) is 4.02. The molecular formula is C13H11ClINO. The van der Waals surface area contributed by atoms with E-state index in [4.69, 9.17) is 11.6 Å². The molecule has 88 valence electrons. The highest BCUT2D eigenvalue weighted by Gasteiger charge is 2.04. The van der Waals surface area contributed by atoms with Crippen LogP contribution in [0.1, 0.15) is 10.4 Å². The highest BCUT2D eigenvalue weighted by Crippen LogP contribution is 2.14. The molecule has 1 amide bonds. The van der Waals surface area contributed by atoms with Gasteiger partial charge < -0.3 is 5.32 Å². The van der Waals surface area contributed by atoms with E-state index in [2.05, 4.69) is 5.32 Å². The molecule has 0 spiro atoms. The van der Waals surface area contributed by atoms with Crippen molar-refractivity contribution in [3.05, 3.63) is 65.2 Å². The summed E-state index contributed by atoms with van der Waals surface area (Å²) in [6, 6.07) is 16.1. The second kappa shape index (κ2) is 6.61. The molecule has 2 aromatic carbocycles. The molecule has 0 bridgehead atoms. The van der Waals surface area contributed by atoms with E-state index in [1.807, 2.05) is 18.2 Å². The largest absolute Gasteiger partial charge is 0.322 e. The maximum atomic E-state index is 11.8. The van der Waals surface area contributed by atoms with Gasteiger partial charge in [0.2, 0.25) is 0 Å². The van der Waals surface area contributed by atoms with Crippen LogP contribution in [0.2, 0.25) is 5.02 Å². The SMILES string of the molecule is I.O=C(Nc1ccc(Cl)cc1)c1ccccc1. The molecule has 0 aliphatic carbocycles. The average Bonchev–Trinajstić information content (AvgIpc) is 2.33. The first-order valence-electron chi connectivity index (χ1n) is 4.88. The van der Waals surface area contributed by atoms with Gasteiger partial charge in [0.1, 0.15) is 0 Å². The lowest BCUT2D eigenvalue weighted by Gasteiger charge is -2.04. The van der Waals surface area contributed by atoms with Crippen LogP contribution in [-0.4, -0.2) is 5.91 Å². The molecule has 2 nitrogen and oxygen atoms in total. The Morgan fingerprint density at radius 2 is 1.53 bits per heavy atom. The van der Waals surface area contributed by atoms with Crippen LogP contribution in [0.15, 0.2) is 54.6 Å². The fourth-order valence-electron chi connectivity index (χ4n) is 1.33. The van der Waals surface area contributed by atoms with Crippen LogP contribution < -0.4 is 5.32 Å². The third-order valence-electron chi connectivity index (χ3n) is 2.14. The Morgan fingerprint density at radius 3 is 2.12 bits per heavy atom. The monoisotopic (exact) mass is 359 g/mol. The summed E-state index contributed by atoms with van der Waals surface area (Å²) in [5.41, 5.74) is 1.37. The van der Waals surface area contributed by atoms with Crippen LogP contribution in [0.3, 0.4) is 0 Å². The highest BCUT2D eigenvalue weighted by atomic mass is 127. The van der Waals surface area contributed by atoms with Crippen molar-refractivity contribution in [2.24, 2.45) is 0 Å². The van der Waals surface area contributed by atoms with Gasteiger partial charge in [0.05, 0.1) is 0 Å². The number of benzene rings is 2. The number of hydrogen-bond donors (Lipinski definition) is 1. The number of carbonyl (C=O) groups is 1. The summed E-state index contributed by atoms with van der Waals surface area (Å²) in [6.07, 6.45) is 0. The van der Waals surface area contributed by atoms with Crippen LogP contribution in [0.25, 0.3) is 0 Å². The van der Waals surface area contributed by atoms with E-state index in [9.17, 15) is 4.79 Å². The minimum Gasteiger partial charge on any atom is -0.322 e. The Bertz CT molecular complexity index is 485. The van der Waals surface area contributed by atoms with E-state index < -0.39 is 0 Å². The zero-order valence-electron chi connectivity index (χ0n) is 8.89. The molecule has 0 saturated heterocycles. The van der Waals surface area contributed by atoms with E-state index in [0.717, 1.165) is 5.69 Å². The molecule has 0 atom stereocenters. The first-order chi connectivity index (χ1) is 7.75. The van der Waals surface area contributed by atoms with Crippen molar-refractivity contribution in [1.82, 2.24) is 0 Å². The molecule has 4 heteroatoms. The molecule has 0 aliphatic heterocycles. The maximum Gasteiger partial charge on any atom is 0.255 e. The standard InChI is InChI=1S/C13H10ClNO.HI/c14-11-6-8-12(9-7-11)15-13(16)10-4-2-1-3-5-10;/h1-9H,(H,15,16);1H. The van der Waals surface area contributed by atoms with Crippen molar-refractivity contribution in [2.45, 2.75) is 0 Å². The third-order valence-corrected chi connectivity index (χ3v) is 2.39. The van der Waals surface area contributed by atoms with Crippen molar-refractivity contribution in [3.8, 4) is 0 Å². The lowest BCUT2D eigenvalue weighted by atomic mass is 10.2. The van der Waals surface area contributed by atoms with Gasteiger partial charge in [-0.2, -0.15) is 0 Å². The molecular weight excluding hydrogens is 349 g/mol. The average molecular weight is 360 g/mol. The smallest absolute Gasteiger partial charge is 0.255 e. The summed E-state index contributed by atoms with van der Waals surface area (Å²) in [7, 11) is 0. The minimum atomic E-state index is -0.122. The highest BCUT2D eigenvalue weighted by molar-refractivity contribution is 14.0. The number of nitrogens with one attached hydrogen (secondary N) is 1. The zero-order chi connectivity index (χ0) is 11.4. The molecule has 0 heterocycles. The quantitative estimate of drug-likeness (QED) is 0.800. The number of amides is 1. The predicted molar refractivity (Wildman–Crippen MR) is 81.3 cm³/mol. The van der Waals surface area contributed by atoms with E-state index in [0.29, 0.717) is 10.6 Å². The second-order valence-electron chi connectivity index (χ2n) is 3.33. The van der Waals surface area contributed by atoms with E-state index in [1.54, 1.807) is 36.4 Å². The van der Waals surface area contributed by atoms with Crippen molar-refractivity contribution in [1.29, 1.82) is 0 Å². The molecule has 1 N–H and O–H groups in total.